The van der Waals surface area contributed by atoms with Crippen molar-refractivity contribution in [3.05, 3.63) is 35.5 Å². The number of allylic oxidation sites excluding steroid dienone is 5. The summed E-state index contributed by atoms with van der Waals surface area (Å²) in [4.78, 5) is 0. The van der Waals surface area contributed by atoms with E-state index in [1.54, 1.807) is 6.92 Å². The second kappa shape index (κ2) is 4.70. The van der Waals surface area contributed by atoms with Gasteiger partial charge in [0.2, 0.25) is 0 Å². The van der Waals surface area contributed by atoms with Gasteiger partial charge in [0.1, 0.15) is 0 Å². The van der Waals surface area contributed by atoms with Crippen molar-refractivity contribution in [2.24, 2.45) is 0 Å². The molecule has 0 spiro atoms. The van der Waals surface area contributed by atoms with Gasteiger partial charge in [0.15, 0.2) is 0 Å². The Kier molecular flexibility index (Phi) is 4.27. The summed E-state index contributed by atoms with van der Waals surface area (Å²) in [6, 6.07) is 0. The standard InChI is InChI=1S/C11H17N/c1-6-7-8(2)9(3)10(4)11(5)12/h6-7,12H,4H2,1-3,5H3/b7-6-,9-8-,12-11?. The van der Waals surface area contributed by atoms with Crippen molar-refractivity contribution in [3.63, 3.8) is 0 Å². The van der Waals surface area contributed by atoms with Crippen LogP contribution in [0.1, 0.15) is 27.7 Å². The van der Waals surface area contributed by atoms with Crippen LogP contribution in [0.25, 0.3) is 0 Å². The van der Waals surface area contributed by atoms with Crippen LogP contribution in [0, 0.1) is 5.41 Å². The molecule has 0 aromatic carbocycles. The summed E-state index contributed by atoms with van der Waals surface area (Å²) in [5, 5.41) is 7.40. The molecule has 0 saturated heterocycles. The van der Waals surface area contributed by atoms with E-state index in [2.05, 4.69) is 6.58 Å². The Morgan fingerprint density at radius 3 is 2.08 bits per heavy atom. The minimum Gasteiger partial charge on any atom is -0.305 e. The SMILES string of the molecule is C=C(C(C)=N)/C(C)=C(C)\C=C/C. The van der Waals surface area contributed by atoms with Gasteiger partial charge < -0.3 is 5.41 Å². The maximum Gasteiger partial charge on any atom is 0.0352 e. The summed E-state index contributed by atoms with van der Waals surface area (Å²) in [7, 11) is 0. The number of hydrogen-bond acceptors (Lipinski definition) is 1. The van der Waals surface area contributed by atoms with Gasteiger partial charge in [-0.3, -0.25) is 0 Å². The lowest BCUT2D eigenvalue weighted by Crippen LogP contribution is -1.96. The Bertz CT molecular complexity index is 254. The van der Waals surface area contributed by atoms with E-state index in [1.807, 2.05) is 32.9 Å². The van der Waals surface area contributed by atoms with E-state index in [0.717, 1.165) is 11.1 Å². The third kappa shape index (κ3) is 2.87. The molecule has 0 aliphatic heterocycles. The quantitative estimate of drug-likeness (QED) is 0.486. The van der Waals surface area contributed by atoms with Crippen LogP contribution in [0.3, 0.4) is 0 Å². The summed E-state index contributed by atoms with van der Waals surface area (Å²) in [6.07, 6.45) is 4.02. The molecule has 1 nitrogen and oxygen atoms in total. The first-order valence-electron chi connectivity index (χ1n) is 4.05. The summed E-state index contributed by atoms with van der Waals surface area (Å²) in [5.41, 5.74) is 3.64. The molecule has 1 heteroatoms. The number of nitrogens with one attached hydrogen (secondary N) is 1. The molecule has 0 aromatic heterocycles. The van der Waals surface area contributed by atoms with Gasteiger partial charge in [0.25, 0.3) is 0 Å². The fraction of sp³-hybridized carbons (Fsp3) is 0.364. The lowest BCUT2D eigenvalue weighted by molar-refractivity contribution is 1.32. The first-order valence-corrected chi connectivity index (χ1v) is 4.05. The zero-order valence-electron chi connectivity index (χ0n) is 8.36. The lowest BCUT2D eigenvalue weighted by atomic mass is 10.0. The van der Waals surface area contributed by atoms with E-state index in [-0.39, 0.29) is 0 Å². The predicted molar refractivity (Wildman–Crippen MR) is 55.7 cm³/mol. The van der Waals surface area contributed by atoms with Gasteiger partial charge in [0.05, 0.1) is 0 Å². The Morgan fingerprint density at radius 2 is 1.75 bits per heavy atom. The molecule has 0 radical (unpaired) electrons. The van der Waals surface area contributed by atoms with Crippen LogP contribution in [0.4, 0.5) is 0 Å². The van der Waals surface area contributed by atoms with E-state index in [0.29, 0.717) is 5.71 Å². The van der Waals surface area contributed by atoms with Crippen molar-refractivity contribution >= 4 is 5.71 Å². The molecule has 0 amide bonds. The largest absolute Gasteiger partial charge is 0.305 e. The predicted octanol–water partition coefficient (Wildman–Crippen LogP) is 3.49. The van der Waals surface area contributed by atoms with Gasteiger partial charge >= 0.3 is 0 Å². The summed E-state index contributed by atoms with van der Waals surface area (Å²) in [5.74, 6) is 0. The summed E-state index contributed by atoms with van der Waals surface area (Å²) >= 11 is 0. The molecule has 0 aromatic rings. The molecule has 0 atom stereocenters. The molecule has 1 N–H and O–H groups in total. The fourth-order valence-corrected chi connectivity index (χ4v) is 0.894. The van der Waals surface area contributed by atoms with Crippen molar-refractivity contribution < 1.29 is 0 Å². The summed E-state index contributed by atoms with van der Waals surface area (Å²) in [6.45, 7) is 11.6. The maximum atomic E-state index is 7.40. The van der Waals surface area contributed by atoms with Crippen molar-refractivity contribution in [1.82, 2.24) is 0 Å². The minimum absolute atomic E-state index is 0.538. The Morgan fingerprint density at radius 1 is 1.25 bits per heavy atom. The van der Waals surface area contributed by atoms with Crippen molar-refractivity contribution in [2.45, 2.75) is 27.7 Å². The average molecular weight is 163 g/mol. The topological polar surface area (TPSA) is 23.9 Å². The second-order valence-electron chi connectivity index (χ2n) is 2.91. The van der Waals surface area contributed by atoms with Gasteiger partial charge in [-0.05, 0) is 44.4 Å². The third-order valence-electron chi connectivity index (χ3n) is 1.91. The molecule has 0 heterocycles. The number of rotatable bonds is 3. The zero-order valence-corrected chi connectivity index (χ0v) is 8.36. The van der Waals surface area contributed by atoms with Crippen LogP contribution in [-0.4, -0.2) is 5.71 Å². The van der Waals surface area contributed by atoms with Gasteiger partial charge in [-0.2, -0.15) is 0 Å². The maximum absolute atomic E-state index is 7.40. The van der Waals surface area contributed by atoms with Gasteiger partial charge in [0, 0.05) is 5.71 Å². The highest BCUT2D eigenvalue weighted by Gasteiger charge is 2.00. The van der Waals surface area contributed by atoms with E-state index >= 15 is 0 Å². The zero-order chi connectivity index (χ0) is 9.72. The molecule has 0 aliphatic rings. The molecule has 0 aliphatic carbocycles. The highest BCUT2D eigenvalue weighted by molar-refractivity contribution is 5.99. The van der Waals surface area contributed by atoms with Crippen LogP contribution >= 0.6 is 0 Å². The number of hydrogen-bond donors (Lipinski definition) is 1. The van der Waals surface area contributed by atoms with Crippen LogP contribution < -0.4 is 0 Å². The van der Waals surface area contributed by atoms with E-state index in [1.165, 1.54) is 5.57 Å². The summed E-state index contributed by atoms with van der Waals surface area (Å²) < 4.78 is 0. The molecule has 66 valence electrons. The highest BCUT2D eigenvalue weighted by Crippen LogP contribution is 2.14. The van der Waals surface area contributed by atoms with Crippen molar-refractivity contribution in [1.29, 1.82) is 5.41 Å². The Balaban J connectivity index is 4.78. The van der Waals surface area contributed by atoms with Gasteiger partial charge in [-0.15, -0.1) is 0 Å². The normalized spacial score (nSPS) is 13.0. The smallest absolute Gasteiger partial charge is 0.0352 e. The molecular weight excluding hydrogens is 146 g/mol. The van der Waals surface area contributed by atoms with E-state index < -0.39 is 0 Å². The van der Waals surface area contributed by atoms with E-state index in [4.69, 9.17) is 5.41 Å². The van der Waals surface area contributed by atoms with Crippen molar-refractivity contribution in [3.8, 4) is 0 Å². The first kappa shape index (κ1) is 10.9. The van der Waals surface area contributed by atoms with E-state index in [9.17, 15) is 0 Å². The molecule has 0 unspecified atom stereocenters. The molecule has 0 saturated carbocycles. The second-order valence-corrected chi connectivity index (χ2v) is 2.91. The Hall–Kier alpha value is -1.11. The van der Waals surface area contributed by atoms with Crippen molar-refractivity contribution in [2.75, 3.05) is 0 Å². The highest BCUT2D eigenvalue weighted by atomic mass is 14.4. The fourth-order valence-electron chi connectivity index (χ4n) is 0.894. The molecule has 0 fully saturated rings. The van der Waals surface area contributed by atoms with Crippen LogP contribution in [0.2, 0.25) is 0 Å². The third-order valence-corrected chi connectivity index (χ3v) is 1.91. The van der Waals surface area contributed by atoms with Gasteiger partial charge in [-0.1, -0.05) is 18.7 Å². The van der Waals surface area contributed by atoms with Crippen LogP contribution in [0.15, 0.2) is 35.5 Å². The van der Waals surface area contributed by atoms with Gasteiger partial charge in [-0.25, -0.2) is 0 Å². The molecule has 12 heavy (non-hydrogen) atoms. The minimum atomic E-state index is 0.538. The molecule has 0 rings (SSSR count). The van der Waals surface area contributed by atoms with Crippen LogP contribution in [-0.2, 0) is 0 Å². The Labute approximate surface area is 75.0 Å². The average Bonchev–Trinajstić information content (AvgIpc) is 2.02. The van der Waals surface area contributed by atoms with Crippen LogP contribution in [0.5, 0.6) is 0 Å². The molecule has 0 bridgehead atoms. The molecular formula is C11H17N. The first-order chi connectivity index (χ1) is 5.50. The lowest BCUT2D eigenvalue weighted by Gasteiger charge is -2.05. The monoisotopic (exact) mass is 163 g/mol.